The van der Waals surface area contributed by atoms with Crippen LogP contribution in [0.4, 0.5) is 19.4 Å². The lowest BCUT2D eigenvalue weighted by Gasteiger charge is -2.50. The van der Waals surface area contributed by atoms with Gasteiger partial charge in [0.15, 0.2) is 11.6 Å². The van der Waals surface area contributed by atoms with E-state index in [0.717, 1.165) is 44.3 Å². The Morgan fingerprint density at radius 1 is 1.17 bits per heavy atom. The third kappa shape index (κ3) is 3.94. The van der Waals surface area contributed by atoms with Gasteiger partial charge in [-0.2, -0.15) is 13.9 Å². The van der Waals surface area contributed by atoms with Crippen LogP contribution in [0.15, 0.2) is 48.7 Å². The van der Waals surface area contributed by atoms with Crippen molar-refractivity contribution in [2.75, 3.05) is 18.8 Å². The number of amides is 2. The number of halogens is 2. The van der Waals surface area contributed by atoms with Gasteiger partial charge in [-0.15, -0.1) is 0 Å². The van der Waals surface area contributed by atoms with Gasteiger partial charge < -0.3 is 20.7 Å². The minimum atomic E-state index is -2.99. The fourth-order valence-electron chi connectivity index (χ4n) is 5.78. The van der Waals surface area contributed by atoms with E-state index in [-0.39, 0.29) is 28.6 Å². The van der Waals surface area contributed by atoms with E-state index in [9.17, 15) is 13.6 Å². The van der Waals surface area contributed by atoms with E-state index in [1.165, 1.54) is 17.8 Å². The summed E-state index contributed by atoms with van der Waals surface area (Å²) in [6.45, 7) is -0.986. The van der Waals surface area contributed by atoms with Crippen molar-refractivity contribution in [3.05, 3.63) is 59.9 Å². The molecule has 1 spiro atoms. The Balaban J connectivity index is 1.14. The SMILES string of the molecule is Nc1ncc(-c2cc3n(n2)CCC32CN(C(=O)NC3(Cc4ccccc4)CCC3)C2)cc1OC(F)F. The van der Waals surface area contributed by atoms with Crippen molar-refractivity contribution in [2.45, 2.75) is 56.2 Å². The van der Waals surface area contributed by atoms with Crippen LogP contribution in [-0.4, -0.2) is 50.9 Å². The van der Waals surface area contributed by atoms with Crippen LogP contribution in [0.5, 0.6) is 5.75 Å². The summed E-state index contributed by atoms with van der Waals surface area (Å²) in [7, 11) is 0. The summed E-state index contributed by atoms with van der Waals surface area (Å²) < 4.78 is 31.8. The van der Waals surface area contributed by atoms with Gasteiger partial charge in [0.2, 0.25) is 0 Å². The van der Waals surface area contributed by atoms with E-state index in [1.807, 2.05) is 33.8 Å². The molecule has 0 bridgehead atoms. The van der Waals surface area contributed by atoms with Gasteiger partial charge in [0.25, 0.3) is 0 Å². The van der Waals surface area contributed by atoms with E-state index < -0.39 is 6.61 Å². The Kier molecular flexibility index (Phi) is 5.35. The van der Waals surface area contributed by atoms with Gasteiger partial charge in [-0.3, -0.25) is 4.68 Å². The van der Waals surface area contributed by atoms with Gasteiger partial charge in [0.1, 0.15) is 0 Å². The first-order valence-electron chi connectivity index (χ1n) is 12.2. The molecule has 6 rings (SSSR count). The number of aryl methyl sites for hydroxylation is 1. The minimum Gasteiger partial charge on any atom is -0.431 e. The molecular weight excluding hydrogens is 466 g/mol. The topological polar surface area (TPSA) is 98.3 Å². The first-order chi connectivity index (χ1) is 17.3. The van der Waals surface area contributed by atoms with Crippen LogP contribution in [0.3, 0.4) is 0 Å². The number of pyridine rings is 1. The van der Waals surface area contributed by atoms with Crippen LogP contribution in [-0.2, 0) is 18.4 Å². The predicted molar refractivity (Wildman–Crippen MR) is 130 cm³/mol. The summed E-state index contributed by atoms with van der Waals surface area (Å²) in [6.07, 6.45) is 6.38. The van der Waals surface area contributed by atoms with Crippen molar-refractivity contribution in [2.24, 2.45) is 0 Å². The molecule has 3 aromatic rings. The lowest BCUT2D eigenvalue weighted by Crippen LogP contribution is -2.66. The molecule has 10 heteroatoms. The van der Waals surface area contributed by atoms with Gasteiger partial charge in [-0.1, -0.05) is 30.3 Å². The molecule has 1 saturated carbocycles. The Bertz CT molecular complexity index is 1280. The maximum atomic E-state index is 13.2. The second-order valence-corrected chi connectivity index (χ2v) is 10.2. The molecule has 2 aliphatic heterocycles. The van der Waals surface area contributed by atoms with Crippen molar-refractivity contribution in [1.29, 1.82) is 0 Å². The predicted octanol–water partition coefficient (Wildman–Crippen LogP) is 3.96. The Morgan fingerprint density at radius 3 is 2.64 bits per heavy atom. The number of nitrogens with zero attached hydrogens (tertiary/aromatic N) is 4. The zero-order chi connectivity index (χ0) is 24.9. The first-order valence-corrected chi connectivity index (χ1v) is 12.2. The molecule has 1 aliphatic carbocycles. The lowest BCUT2D eigenvalue weighted by atomic mass is 9.72. The van der Waals surface area contributed by atoms with E-state index in [1.54, 1.807) is 0 Å². The zero-order valence-electron chi connectivity index (χ0n) is 19.8. The maximum Gasteiger partial charge on any atom is 0.387 e. The van der Waals surface area contributed by atoms with Gasteiger partial charge in [-0.25, -0.2) is 9.78 Å². The van der Waals surface area contributed by atoms with Gasteiger partial charge >= 0.3 is 12.6 Å². The van der Waals surface area contributed by atoms with Crippen molar-refractivity contribution < 1.29 is 18.3 Å². The number of hydrogen-bond donors (Lipinski definition) is 2. The van der Waals surface area contributed by atoms with E-state index in [2.05, 4.69) is 32.3 Å². The third-order valence-corrected chi connectivity index (χ3v) is 7.86. The molecule has 2 amide bonds. The molecule has 3 N–H and O–H groups in total. The van der Waals surface area contributed by atoms with Crippen molar-refractivity contribution >= 4 is 11.8 Å². The summed E-state index contributed by atoms with van der Waals surface area (Å²) in [4.78, 5) is 19.0. The zero-order valence-corrected chi connectivity index (χ0v) is 19.8. The molecule has 188 valence electrons. The normalized spacial score (nSPS) is 19.0. The number of benzene rings is 1. The van der Waals surface area contributed by atoms with Crippen LogP contribution < -0.4 is 15.8 Å². The number of alkyl halides is 2. The number of fused-ring (bicyclic) bond motifs is 2. The molecular formula is C26H28F2N6O2. The standard InChI is InChI=1S/C26H28F2N6O2/c27-23(28)36-20-11-18(14-30-22(20)29)19-12-21-25(9-10-34(21)32-19)15-33(16-25)24(35)31-26(7-4-8-26)13-17-5-2-1-3-6-17/h1-3,5-6,11-12,14,23H,4,7-10,13,15-16H2,(H2,29,30)(H,31,35). The molecule has 4 heterocycles. The highest BCUT2D eigenvalue weighted by Crippen LogP contribution is 2.44. The Morgan fingerprint density at radius 2 is 1.94 bits per heavy atom. The van der Waals surface area contributed by atoms with Crippen molar-refractivity contribution in [3.63, 3.8) is 0 Å². The number of nitrogen functional groups attached to an aromatic ring is 1. The highest BCUT2D eigenvalue weighted by Gasteiger charge is 2.52. The lowest BCUT2D eigenvalue weighted by molar-refractivity contribution is -0.0494. The molecule has 2 fully saturated rings. The molecule has 8 nitrogen and oxygen atoms in total. The third-order valence-electron chi connectivity index (χ3n) is 7.86. The number of anilines is 1. The molecule has 0 atom stereocenters. The smallest absolute Gasteiger partial charge is 0.387 e. The summed E-state index contributed by atoms with van der Waals surface area (Å²) in [6, 6.07) is 13.7. The Labute approximate surface area is 207 Å². The van der Waals surface area contributed by atoms with Crippen LogP contribution in [0.1, 0.15) is 36.9 Å². The van der Waals surface area contributed by atoms with Crippen molar-refractivity contribution in [1.82, 2.24) is 25.0 Å². The number of nitrogens with one attached hydrogen (secondary N) is 1. The van der Waals surface area contributed by atoms with E-state index in [4.69, 9.17) is 5.73 Å². The molecule has 0 unspecified atom stereocenters. The Hall–Kier alpha value is -3.69. The van der Waals surface area contributed by atoms with Gasteiger partial charge in [0, 0.05) is 48.0 Å². The largest absolute Gasteiger partial charge is 0.431 e. The molecule has 2 aromatic heterocycles. The molecule has 1 aromatic carbocycles. The quantitative estimate of drug-likeness (QED) is 0.541. The number of aromatic nitrogens is 3. The molecule has 0 radical (unpaired) electrons. The number of nitrogens with two attached hydrogens (primary N) is 1. The number of carbonyl (C=O) groups excluding carboxylic acids is 1. The minimum absolute atomic E-state index is 0.00836. The number of likely N-dealkylation sites (tertiary alicyclic amines) is 1. The summed E-state index contributed by atoms with van der Waals surface area (Å²) in [5, 5.41) is 8.00. The molecule has 36 heavy (non-hydrogen) atoms. The number of carbonyl (C=O) groups is 1. The number of urea groups is 1. The van der Waals surface area contributed by atoms with Crippen LogP contribution in [0, 0.1) is 0 Å². The average Bonchev–Trinajstić information content (AvgIpc) is 3.38. The van der Waals surface area contributed by atoms with Gasteiger partial charge in [0.05, 0.1) is 5.69 Å². The summed E-state index contributed by atoms with van der Waals surface area (Å²) in [5.41, 5.74) is 8.83. The second kappa shape index (κ2) is 8.46. The van der Waals surface area contributed by atoms with Gasteiger partial charge in [-0.05, 0) is 49.8 Å². The van der Waals surface area contributed by atoms with Crippen LogP contribution in [0.2, 0.25) is 0 Å². The fraction of sp³-hybridized carbons (Fsp3) is 0.423. The molecule has 1 saturated heterocycles. The number of hydrogen-bond acceptors (Lipinski definition) is 5. The highest BCUT2D eigenvalue weighted by molar-refractivity contribution is 5.77. The maximum absolute atomic E-state index is 13.2. The monoisotopic (exact) mass is 494 g/mol. The summed E-state index contributed by atoms with van der Waals surface area (Å²) in [5.74, 6) is -0.267. The van der Waals surface area contributed by atoms with E-state index >= 15 is 0 Å². The van der Waals surface area contributed by atoms with Crippen molar-refractivity contribution in [3.8, 4) is 17.0 Å². The number of ether oxygens (including phenoxy) is 1. The second-order valence-electron chi connectivity index (χ2n) is 10.2. The highest BCUT2D eigenvalue weighted by atomic mass is 19.3. The summed E-state index contributed by atoms with van der Waals surface area (Å²) >= 11 is 0. The average molecular weight is 495 g/mol. The first kappa shape index (κ1) is 22.8. The number of rotatable bonds is 6. The van der Waals surface area contributed by atoms with E-state index in [0.29, 0.717) is 24.3 Å². The van der Waals surface area contributed by atoms with Crippen LogP contribution in [0.25, 0.3) is 11.3 Å². The molecule has 3 aliphatic rings. The van der Waals surface area contributed by atoms with Crippen LogP contribution >= 0.6 is 0 Å². The fourth-order valence-corrected chi connectivity index (χ4v) is 5.78.